The molecular weight excluding hydrogens is 238 g/mol. The van der Waals surface area contributed by atoms with Crippen LogP contribution in [0.2, 0.25) is 0 Å². The number of rotatable bonds is 6. The summed E-state index contributed by atoms with van der Waals surface area (Å²) in [4.78, 5) is 14.4. The Morgan fingerprint density at radius 3 is 2.63 bits per heavy atom. The SMILES string of the molecule is CC1CCCCN1C(C)CC(C)(NC1CC1)C(N)=O. The van der Waals surface area contributed by atoms with Gasteiger partial charge < -0.3 is 11.1 Å². The first-order valence-electron chi connectivity index (χ1n) is 7.76. The molecule has 0 spiro atoms. The first kappa shape index (κ1) is 14.8. The van der Waals surface area contributed by atoms with Gasteiger partial charge in [-0.1, -0.05) is 6.42 Å². The number of piperidine rings is 1. The zero-order valence-corrected chi connectivity index (χ0v) is 12.6. The topological polar surface area (TPSA) is 58.4 Å². The third-order valence-electron chi connectivity index (χ3n) is 4.77. The summed E-state index contributed by atoms with van der Waals surface area (Å²) in [5, 5.41) is 3.45. The van der Waals surface area contributed by atoms with Crippen LogP contribution in [0.1, 0.15) is 59.3 Å². The fourth-order valence-corrected chi connectivity index (χ4v) is 3.39. The van der Waals surface area contributed by atoms with Crippen LogP contribution in [0, 0.1) is 0 Å². The van der Waals surface area contributed by atoms with E-state index in [1.165, 1.54) is 32.1 Å². The van der Waals surface area contributed by atoms with E-state index < -0.39 is 5.54 Å². The third kappa shape index (κ3) is 3.69. The molecule has 1 amide bonds. The van der Waals surface area contributed by atoms with Crippen molar-refractivity contribution in [2.24, 2.45) is 5.73 Å². The van der Waals surface area contributed by atoms with Gasteiger partial charge in [0.25, 0.3) is 0 Å². The van der Waals surface area contributed by atoms with E-state index in [0.717, 1.165) is 13.0 Å². The van der Waals surface area contributed by atoms with Gasteiger partial charge >= 0.3 is 0 Å². The molecule has 3 atom stereocenters. The first-order chi connectivity index (χ1) is 8.92. The molecule has 0 radical (unpaired) electrons. The molecular formula is C15H29N3O. The lowest BCUT2D eigenvalue weighted by atomic mass is 9.90. The number of carbonyl (C=O) groups excluding carboxylic acids is 1. The van der Waals surface area contributed by atoms with Gasteiger partial charge in [-0.3, -0.25) is 9.69 Å². The number of nitrogens with zero attached hydrogens (tertiary/aromatic N) is 1. The number of nitrogens with two attached hydrogens (primary N) is 1. The molecule has 4 heteroatoms. The number of nitrogens with one attached hydrogen (secondary N) is 1. The molecule has 0 aromatic heterocycles. The van der Waals surface area contributed by atoms with E-state index in [0.29, 0.717) is 18.1 Å². The maximum atomic E-state index is 11.8. The molecule has 2 rings (SSSR count). The fourth-order valence-electron chi connectivity index (χ4n) is 3.39. The molecule has 0 aromatic carbocycles. The summed E-state index contributed by atoms with van der Waals surface area (Å²) >= 11 is 0. The van der Waals surface area contributed by atoms with Crippen molar-refractivity contribution in [3.8, 4) is 0 Å². The summed E-state index contributed by atoms with van der Waals surface area (Å²) in [5.74, 6) is -0.212. The summed E-state index contributed by atoms with van der Waals surface area (Å²) in [6.45, 7) is 7.66. The van der Waals surface area contributed by atoms with Crippen LogP contribution in [-0.4, -0.2) is 41.0 Å². The van der Waals surface area contributed by atoms with Crippen molar-refractivity contribution in [1.29, 1.82) is 0 Å². The van der Waals surface area contributed by atoms with Crippen molar-refractivity contribution >= 4 is 5.91 Å². The summed E-state index contributed by atoms with van der Waals surface area (Å²) in [5.41, 5.74) is 5.08. The molecule has 110 valence electrons. The van der Waals surface area contributed by atoms with Crippen LogP contribution in [0.3, 0.4) is 0 Å². The highest BCUT2D eigenvalue weighted by molar-refractivity contribution is 5.84. The Kier molecular flexibility index (Phi) is 4.51. The molecule has 1 aliphatic heterocycles. The van der Waals surface area contributed by atoms with E-state index in [1.807, 2.05) is 6.92 Å². The predicted molar refractivity (Wildman–Crippen MR) is 77.9 cm³/mol. The highest BCUT2D eigenvalue weighted by atomic mass is 16.1. The number of hydrogen-bond acceptors (Lipinski definition) is 3. The van der Waals surface area contributed by atoms with Gasteiger partial charge in [-0.15, -0.1) is 0 Å². The van der Waals surface area contributed by atoms with E-state index in [-0.39, 0.29) is 5.91 Å². The molecule has 0 bridgehead atoms. The molecule has 2 fully saturated rings. The zero-order chi connectivity index (χ0) is 14.0. The molecule has 1 heterocycles. The van der Waals surface area contributed by atoms with Gasteiger partial charge in [0, 0.05) is 18.1 Å². The Morgan fingerprint density at radius 2 is 2.11 bits per heavy atom. The highest BCUT2D eigenvalue weighted by Crippen LogP contribution is 2.28. The zero-order valence-electron chi connectivity index (χ0n) is 12.6. The van der Waals surface area contributed by atoms with Gasteiger partial charge in [0.2, 0.25) is 5.91 Å². The van der Waals surface area contributed by atoms with Crippen molar-refractivity contribution < 1.29 is 4.79 Å². The van der Waals surface area contributed by atoms with Crippen LogP contribution in [0.4, 0.5) is 0 Å². The van der Waals surface area contributed by atoms with E-state index in [2.05, 4.69) is 24.1 Å². The molecule has 1 aliphatic carbocycles. The smallest absolute Gasteiger partial charge is 0.237 e. The van der Waals surface area contributed by atoms with Crippen LogP contribution >= 0.6 is 0 Å². The van der Waals surface area contributed by atoms with E-state index in [1.54, 1.807) is 0 Å². The second-order valence-electron chi connectivity index (χ2n) is 6.75. The minimum Gasteiger partial charge on any atom is -0.368 e. The summed E-state index contributed by atoms with van der Waals surface area (Å²) in [6, 6.07) is 1.53. The minimum absolute atomic E-state index is 0.212. The quantitative estimate of drug-likeness (QED) is 0.769. The van der Waals surface area contributed by atoms with Crippen LogP contribution in [0.5, 0.6) is 0 Å². The first-order valence-corrected chi connectivity index (χ1v) is 7.76. The van der Waals surface area contributed by atoms with Crippen LogP contribution in [0.25, 0.3) is 0 Å². The summed E-state index contributed by atoms with van der Waals surface area (Å²) in [6.07, 6.45) is 7.04. The Morgan fingerprint density at radius 1 is 1.42 bits per heavy atom. The maximum absolute atomic E-state index is 11.8. The molecule has 4 nitrogen and oxygen atoms in total. The monoisotopic (exact) mass is 267 g/mol. The largest absolute Gasteiger partial charge is 0.368 e. The van der Waals surface area contributed by atoms with Crippen LogP contribution in [0.15, 0.2) is 0 Å². The molecule has 1 saturated carbocycles. The Hall–Kier alpha value is -0.610. The highest BCUT2D eigenvalue weighted by Gasteiger charge is 2.39. The van der Waals surface area contributed by atoms with Gasteiger partial charge in [0.05, 0.1) is 5.54 Å². The average Bonchev–Trinajstić information content (AvgIpc) is 3.12. The normalized spacial score (nSPS) is 29.7. The molecule has 3 N–H and O–H groups in total. The second kappa shape index (κ2) is 5.80. The number of amides is 1. The molecule has 0 aromatic rings. The number of likely N-dealkylation sites (tertiary alicyclic amines) is 1. The van der Waals surface area contributed by atoms with Crippen molar-refractivity contribution in [2.75, 3.05) is 6.54 Å². The van der Waals surface area contributed by atoms with Gasteiger partial charge in [-0.05, 0) is 59.4 Å². The lowest BCUT2D eigenvalue weighted by molar-refractivity contribution is -0.124. The van der Waals surface area contributed by atoms with Gasteiger partial charge in [-0.25, -0.2) is 0 Å². The van der Waals surface area contributed by atoms with Gasteiger partial charge in [0.15, 0.2) is 0 Å². The maximum Gasteiger partial charge on any atom is 0.237 e. The summed E-state index contributed by atoms with van der Waals surface area (Å²) in [7, 11) is 0. The predicted octanol–water partition coefficient (Wildman–Crippen LogP) is 1.64. The van der Waals surface area contributed by atoms with E-state index >= 15 is 0 Å². The van der Waals surface area contributed by atoms with Crippen molar-refractivity contribution in [1.82, 2.24) is 10.2 Å². The van der Waals surface area contributed by atoms with Crippen molar-refractivity contribution in [3.63, 3.8) is 0 Å². The standard InChI is InChI=1S/C15H29N3O/c1-11-6-4-5-9-18(11)12(2)10-15(3,14(16)19)17-13-7-8-13/h11-13,17H,4-10H2,1-3H3,(H2,16,19). The Labute approximate surface area is 117 Å². The van der Waals surface area contributed by atoms with Crippen LogP contribution in [-0.2, 0) is 4.79 Å². The number of carbonyl (C=O) groups is 1. The van der Waals surface area contributed by atoms with E-state index in [4.69, 9.17) is 5.73 Å². The average molecular weight is 267 g/mol. The molecule has 1 saturated heterocycles. The van der Waals surface area contributed by atoms with Gasteiger partial charge in [0.1, 0.15) is 0 Å². The van der Waals surface area contributed by atoms with Crippen LogP contribution < -0.4 is 11.1 Å². The Bertz CT molecular complexity index is 329. The molecule has 2 aliphatic rings. The van der Waals surface area contributed by atoms with Crippen molar-refractivity contribution in [3.05, 3.63) is 0 Å². The lowest BCUT2D eigenvalue weighted by Gasteiger charge is -2.41. The van der Waals surface area contributed by atoms with Crippen molar-refractivity contribution in [2.45, 2.75) is 83.0 Å². The second-order valence-corrected chi connectivity index (χ2v) is 6.75. The summed E-state index contributed by atoms with van der Waals surface area (Å²) < 4.78 is 0. The third-order valence-corrected chi connectivity index (χ3v) is 4.77. The lowest BCUT2D eigenvalue weighted by Crippen LogP contribution is -2.58. The molecule has 19 heavy (non-hydrogen) atoms. The van der Waals surface area contributed by atoms with E-state index in [9.17, 15) is 4.79 Å². The fraction of sp³-hybridized carbons (Fsp3) is 0.933. The minimum atomic E-state index is -0.558. The van der Waals surface area contributed by atoms with Gasteiger partial charge in [-0.2, -0.15) is 0 Å². The molecule has 3 unspecified atom stereocenters. The number of primary amides is 1. The Balaban J connectivity index is 1.97. The number of hydrogen-bond donors (Lipinski definition) is 2.